The molecule has 0 bridgehead atoms. The van der Waals surface area contributed by atoms with Crippen molar-refractivity contribution < 1.29 is 27.1 Å². The van der Waals surface area contributed by atoms with E-state index in [-0.39, 0.29) is 5.97 Å². The molecular weight excluding hydrogens is 344 g/mol. The molecule has 152 valence electrons. The third kappa shape index (κ3) is 35.4. The van der Waals surface area contributed by atoms with E-state index in [4.69, 9.17) is 22.3 Å². The lowest BCUT2D eigenvalue weighted by Gasteiger charge is -2.03. The molecule has 0 aliphatic carbocycles. The first kappa shape index (κ1) is 26.6. The summed E-state index contributed by atoms with van der Waals surface area (Å²) in [5.41, 5.74) is 0. The summed E-state index contributed by atoms with van der Waals surface area (Å²) in [7, 11) is -4.67. The molecule has 7 heteroatoms. The summed E-state index contributed by atoms with van der Waals surface area (Å²) in [6.07, 6.45) is 18.0. The monoisotopic (exact) mass is 382 g/mol. The molecule has 0 aliphatic heterocycles. The van der Waals surface area contributed by atoms with Crippen molar-refractivity contribution in [1.82, 2.24) is 0 Å². The fourth-order valence-corrected chi connectivity index (χ4v) is 2.52. The minimum atomic E-state index is -4.67. The molecule has 0 aromatic heterocycles. The van der Waals surface area contributed by atoms with E-state index >= 15 is 0 Å². The van der Waals surface area contributed by atoms with Crippen LogP contribution in [-0.4, -0.2) is 30.1 Å². The van der Waals surface area contributed by atoms with Crippen molar-refractivity contribution in [3.05, 3.63) is 0 Å². The fraction of sp³-hybridized carbons (Fsp3) is 0.944. The normalized spacial score (nSPS) is 10.9. The molecule has 0 radical (unpaired) electrons. The highest BCUT2D eigenvalue weighted by Gasteiger charge is 2.00. The van der Waals surface area contributed by atoms with Gasteiger partial charge in [-0.15, -0.1) is 0 Å². The van der Waals surface area contributed by atoms with Crippen LogP contribution in [0.3, 0.4) is 0 Å². The number of carbonyl (C=O) groups excluding carboxylic acids is 1. The smallest absolute Gasteiger partial charge is 0.394 e. The van der Waals surface area contributed by atoms with Crippen molar-refractivity contribution in [2.45, 2.75) is 104 Å². The van der Waals surface area contributed by atoms with Crippen molar-refractivity contribution >= 4 is 16.4 Å². The Morgan fingerprint density at radius 2 is 1.04 bits per heavy atom. The van der Waals surface area contributed by atoms with E-state index in [0.717, 1.165) is 6.42 Å². The van der Waals surface area contributed by atoms with Crippen LogP contribution in [0, 0.1) is 0 Å². The zero-order valence-corrected chi connectivity index (χ0v) is 16.9. The lowest BCUT2D eigenvalue weighted by molar-refractivity contribution is -0.143. The molecule has 0 spiro atoms. The van der Waals surface area contributed by atoms with Crippen LogP contribution in [0.1, 0.15) is 104 Å². The van der Waals surface area contributed by atoms with Gasteiger partial charge in [0.05, 0.1) is 6.61 Å². The molecule has 0 unspecified atom stereocenters. The maximum atomic E-state index is 11.1. The third-order valence-corrected chi connectivity index (χ3v) is 3.79. The van der Waals surface area contributed by atoms with Crippen LogP contribution >= 0.6 is 0 Å². The largest absolute Gasteiger partial charge is 0.466 e. The molecule has 0 aromatic carbocycles. The van der Waals surface area contributed by atoms with Gasteiger partial charge in [-0.2, -0.15) is 8.42 Å². The van der Waals surface area contributed by atoms with Gasteiger partial charge >= 0.3 is 16.4 Å². The van der Waals surface area contributed by atoms with E-state index in [0.29, 0.717) is 13.0 Å². The van der Waals surface area contributed by atoms with Crippen LogP contribution in [0.4, 0.5) is 0 Å². The van der Waals surface area contributed by atoms with Crippen LogP contribution in [0.15, 0.2) is 0 Å². The van der Waals surface area contributed by atoms with Crippen LogP contribution in [-0.2, 0) is 19.9 Å². The number of hydrogen-bond donors (Lipinski definition) is 2. The van der Waals surface area contributed by atoms with Crippen molar-refractivity contribution in [2.24, 2.45) is 0 Å². The second-order valence-electron chi connectivity index (χ2n) is 6.25. The maximum absolute atomic E-state index is 11.1. The van der Waals surface area contributed by atoms with Crippen LogP contribution in [0.25, 0.3) is 0 Å². The standard InChI is InChI=1S/C18H36O2.H2O4S/c1-3-5-6-7-8-9-10-11-12-13-14-15-16-17-18(19)20-4-2;1-5(2,3)4/h3-17H2,1-2H3;(H2,1,2,3,4). The Morgan fingerprint density at radius 1 is 0.720 bits per heavy atom. The molecule has 6 nitrogen and oxygen atoms in total. The fourth-order valence-electron chi connectivity index (χ4n) is 2.52. The molecule has 25 heavy (non-hydrogen) atoms. The molecule has 0 aromatic rings. The summed E-state index contributed by atoms with van der Waals surface area (Å²) in [5.74, 6) is -0.0319. The molecule has 2 N–H and O–H groups in total. The minimum absolute atomic E-state index is 0.0319. The average Bonchev–Trinajstić information content (AvgIpc) is 2.50. The first-order valence-electron chi connectivity index (χ1n) is 9.66. The second-order valence-corrected chi connectivity index (χ2v) is 7.14. The SMILES string of the molecule is CCCCCCCCCCCCCCCC(=O)OCC.O=S(=O)(O)O. The van der Waals surface area contributed by atoms with Gasteiger partial charge in [-0.25, -0.2) is 0 Å². The molecular formula is C18H38O6S. The van der Waals surface area contributed by atoms with Crippen LogP contribution < -0.4 is 0 Å². The van der Waals surface area contributed by atoms with E-state index in [1.165, 1.54) is 77.0 Å². The predicted molar refractivity (Wildman–Crippen MR) is 101 cm³/mol. The zero-order valence-electron chi connectivity index (χ0n) is 16.0. The minimum Gasteiger partial charge on any atom is -0.466 e. The van der Waals surface area contributed by atoms with E-state index in [2.05, 4.69) is 6.92 Å². The van der Waals surface area contributed by atoms with Crippen molar-refractivity contribution in [3.8, 4) is 0 Å². The Balaban J connectivity index is 0. The van der Waals surface area contributed by atoms with E-state index < -0.39 is 10.4 Å². The number of carbonyl (C=O) groups is 1. The second kappa shape index (κ2) is 19.7. The zero-order chi connectivity index (χ0) is 19.4. The quantitative estimate of drug-likeness (QED) is 0.224. The Kier molecular flexibility index (Phi) is 20.9. The lowest BCUT2D eigenvalue weighted by Crippen LogP contribution is -2.03. The summed E-state index contributed by atoms with van der Waals surface area (Å²) in [6.45, 7) is 4.64. The van der Waals surface area contributed by atoms with Gasteiger partial charge in [-0.3, -0.25) is 13.9 Å². The highest BCUT2D eigenvalue weighted by molar-refractivity contribution is 7.79. The summed E-state index contributed by atoms with van der Waals surface area (Å²) in [6, 6.07) is 0. The van der Waals surface area contributed by atoms with Crippen molar-refractivity contribution in [2.75, 3.05) is 6.61 Å². The molecule has 0 fully saturated rings. The molecule has 0 heterocycles. The third-order valence-electron chi connectivity index (χ3n) is 3.79. The summed E-state index contributed by atoms with van der Waals surface area (Å²) in [5, 5.41) is 0. The highest BCUT2D eigenvalue weighted by atomic mass is 32.3. The first-order chi connectivity index (χ1) is 11.8. The van der Waals surface area contributed by atoms with Crippen LogP contribution in [0.5, 0.6) is 0 Å². The Hall–Kier alpha value is -0.660. The first-order valence-corrected chi connectivity index (χ1v) is 11.1. The summed E-state index contributed by atoms with van der Waals surface area (Å²) in [4.78, 5) is 11.1. The molecule has 0 rings (SSSR count). The average molecular weight is 383 g/mol. The van der Waals surface area contributed by atoms with Gasteiger partial charge in [0.25, 0.3) is 0 Å². The van der Waals surface area contributed by atoms with Gasteiger partial charge in [0.1, 0.15) is 0 Å². The molecule has 0 amide bonds. The lowest BCUT2D eigenvalue weighted by atomic mass is 10.0. The highest BCUT2D eigenvalue weighted by Crippen LogP contribution is 2.13. The van der Waals surface area contributed by atoms with E-state index in [1.807, 2.05) is 6.92 Å². The van der Waals surface area contributed by atoms with Crippen molar-refractivity contribution in [3.63, 3.8) is 0 Å². The van der Waals surface area contributed by atoms with Crippen molar-refractivity contribution in [1.29, 1.82) is 0 Å². The number of esters is 1. The van der Waals surface area contributed by atoms with Gasteiger partial charge in [0.2, 0.25) is 0 Å². The summed E-state index contributed by atoms with van der Waals surface area (Å²) < 4.78 is 36.5. The Bertz CT molecular complexity index is 373. The topological polar surface area (TPSA) is 101 Å². The Labute approximate surface area is 154 Å². The number of ether oxygens (including phenoxy) is 1. The number of hydrogen-bond acceptors (Lipinski definition) is 4. The molecule has 0 saturated heterocycles. The van der Waals surface area contributed by atoms with Crippen LogP contribution in [0.2, 0.25) is 0 Å². The van der Waals surface area contributed by atoms with Gasteiger partial charge in [-0.05, 0) is 13.3 Å². The van der Waals surface area contributed by atoms with Gasteiger partial charge in [0.15, 0.2) is 0 Å². The maximum Gasteiger partial charge on any atom is 0.394 e. The number of rotatable bonds is 15. The summed E-state index contributed by atoms with van der Waals surface area (Å²) >= 11 is 0. The predicted octanol–water partition coefficient (Wildman–Crippen LogP) is 5.38. The van der Waals surface area contributed by atoms with Gasteiger partial charge < -0.3 is 4.74 Å². The van der Waals surface area contributed by atoms with E-state index in [9.17, 15) is 4.79 Å². The number of unbranched alkanes of at least 4 members (excludes halogenated alkanes) is 12. The van der Waals surface area contributed by atoms with Gasteiger partial charge in [-0.1, -0.05) is 84.0 Å². The molecule has 0 atom stereocenters. The van der Waals surface area contributed by atoms with E-state index in [1.54, 1.807) is 0 Å². The van der Waals surface area contributed by atoms with Gasteiger partial charge in [0, 0.05) is 6.42 Å². The molecule has 0 aliphatic rings. The molecule has 0 saturated carbocycles. The Morgan fingerprint density at radius 3 is 1.36 bits per heavy atom.